The number of rotatable bonds is 2. The fourth-order valence-corrected chi connectivity index (χ4v) is 6.27. The van der Waals surface area contributed by atoms with Crippen LogP contribution in [-0.4, -0.2) is 7.28 Å². The second-order valence-electron chi connectivity index (χ2n) is 9.78. The Balaban J connectivity index is 1.56. The van der Waals surface area contributed by atoms with Crippen LogP contribution in [0.4, 0.5) is 0 Å². The van der Waals surface area contributed by atoms with Crippen LogP contribution in [0.25, 0.3) is 0 Å². The van der Waals surface area contributed by atoms with E-state index >= 15 is 0 Å². The lowest BCUT2D eigenvalue weighted by Crippen LogP contribution is -2.53. The standard InChI is InChI=1S/C20H31B/c1-11-15-7-13(19(15,3)4)9-17(11)21-18-10-14-8-16(12(18)2)20(14,5)6/h9-16,21H,7-8H2,1-6H3. The Morgan fingerprint density at radius 2 is 1.19 bits per heavy atom. The second kappa shape index (κ2) is 4.09. The van der Waals surface area contributed by atoms with E-state index in [1.165, 1.54) is 20.1 Å². The van der Waals surface area contributed by atoms with Gasteiger partial charge in [0, 0.05) is 0 Å². The maximum atomic E-state index is 2.67. The Kier molecular flexibility index (Phi) is 2.76. The van der Waals surface area contributed by atoms with Gasteiger partial charge in [-0.2, -0.15) is 0 Å². The van der Waals surface area contributed by atoms with Crippen molar-refractivity contribution in [3.63, 3.8) is 0 Å². The van der Waals surface area contributed by atoms with Crippen LogP contribution in [0.5, 0.6) is 0 Å². The molecule has 6 unspecified atom stereocenters. The molecule has 0 aromatic heterocycles. The van der Waals surface area contributed by atoms with E-state index in [2.05, 4.69) is 53.7 Å². The molecular weight excluding hydrogens is 251 g/mol. The van der Waals surface area contributed by atoms with Crippen molar-refractivity contribution in [1.29, 1.82) is 0 Å². The molecule has 0 aromatic rings. The molecule has 2 fully saturated rings. The third kappa shape index (κ3) is 1.70. The first-order valence-electron chi connectivity index (χ1n) is 9.14. The number of allylic oxidation sites excluding steroid dienone is 4. The molecule has 0 radical (unpaired) electrons. The Labute approximate surface area is 131 Å². The van der Waals surface area contributed by atoms with E-state index in [9.17, 15) is 0 Å². The van der Waals surface area contributed by atoms with Crippen LogP contribution in [0.15, 0.2) is 23.1 Å². The summed E-state index contributed by atoms with van der Waals surface area (Å²) >= 11 is 0. The highest BCUT2D eigenvalue weighted by molar-refractivity contribution is 6.54. The van der Waals surface area contributed by atoms with Gasteiger partial charge in [-0.3, -0.25) is 0 Å². The van der Waals surface area contributed by atoms with E-state index in [0.717, 1.165) is 35.5 Å². The van der Waals surface area contributed by atoms with E-state index in [0.29, 0.717) is 10.8 Å². The van der Waals surface area contributed by atoms with Crippen molar-refractivity contribution in [2.45, 2.75) is 54.4 Å². The molecule has 6 aliphatic carbocycles. The van der Waals surface area contributed by atoms with Crippen molar-refractivity contribution in [3.05, 3.63) is 23.1 Å². The molecule has 0 heterocycles. The molecule has 114 valence electrons. The van der Waals surface area contributed by atoms with Crippen molar-refractivity contribution in [3.8, 4) is 0 Å². The van der Waals surface area contributed by atoms with Gasteiger partial charge in [0.05, 0.1) is 0 Å². The molecule has 0 aliphatic heterocycles. The summed E-state index contributed by atoms with van der Waals surface area (Å²) in [6, 6.07) is 0. The Morgan fingerprint density at radius 1 is 0.810 bits per heavy atom. The highest BCUT2D eigenvalue weighted by atomic mass is 14.6. The summed E-state index contributed by atoms with van der Waals surface area (Å²) in [5.41, 5.74) is 4.68. The predicted molar refractivity (Wildman–Crippen MR) is 92.4 cm³/mol. The summed E-state index contributed by atoms with van der Waals surface area (Å²) in [4.78, 5) is 0. The van der Waals surface area contributed by atoms with Gasteiger partial charge in [-0.15, -0.1) is 10.9 Å². The summed E-state index contributed by atoms with van der Waals surface area (Å²) < 4.78 is 0. The molecule has 0 spiro atoms. The zero-order valence-electron chi connectivity index (χ0n) is 14.7. The van der Waals surface area contributed by atoms with E-state index in [4.69, 9.17) is 0 Å². The van der Waals surface area contributed by atoms with Crippen molar-refractivity contribution in [2.24, 2.45) is 46.3 Å². The van der Waals surface area contributed by atoms with Gasteiger partial charge in [0.2, 0.25) is 0 Å². The molecule has 0 nitrogen and oxygen atoms in total. The number of hydrogen-bond donors (Lipinski definition) is 0. The van der Waals surface area contributed by atoms with Gasteiger partial charge in [0.15, 0.2) is 7.28 Å². The van der Waals surface area contributed by atoms with Crippen molar-refractivity contribution in [2.75, 3.05) is 0 Å². The molecule has 4 bridgehead atoms. The number of fused-ring (bicyclic) bond motifs is 2. The maximum Gasteiger partial charge on any atom is 0.181 e. The van der Waals surface area contributed by atoms with Crippen molar-refractivity contribution >= 4 is 7.28 Å². The van der Waals surface area contributed by atoms with Gasteiger partial charge in [0.1, 0.15) is 0 Å². The summed E-state index contributed by atoms with van der Waals surface area (Å²) in [5, 5.41) is 0. The molecule has 0 N–H and O–H groups in total. The monoisotopic (exact) mass is 282 g/mol. The largest absolute Gasteiger partial charge is 0.181 e. The number of hydrogen-bond acceptors (Lipinski definition) is 0. The third-order valence-electron chi connectivity index (χ3n) is 8.45. The molecule has 0 amide bonds. The summed E-state index contributed by atoms with van der Waals surface area (Å²) in [6.07, 6.45) is 8.24. The topological polar surface area (TPSA) is 0 Å². The fourth-order valence-electron chi connectivity index (χ4n) is 6.27. The summed E-state index contributed by atoms with van der Waals surface area (Å²) in [6.45, 7) is 14.9. The lowest BCUT2D eigenvalue weighted by molar-refractivity contribution is -0.0302. The molecule has 0 aromatic carbocycles. The van der Waals surface area contributed by atoms with E-state index in [1.807, 2.05) is 0 Å². The SMILES string of the molecule is CC1C(BC2=CC3CC(C2C)C3(C)C)=CC2CC1C2(C)C. The highest BCUT2D eigenvalue weighted by Crippen LogP contribution is 2.62. The summed E-state index contributed by atoms with van der Waals surface area (Å²) in [5.74, 6) is 5.22. The molecule has 0 saturated heterocycles. The maximum absolute atomic E-state index is 2.67. The normalized spacial score (nSPS) is 48.5. The minimum atomic E-state index is 0.569. The average molecular weight is 282 g/mol. The first-order chi connectivity index (χ1) is 9.73. The molecular formula is C20H31B. The van der Waals surface area contributed by atoms with E-state index in [-0.39, 0.29) is 0 Å². The van der Waals surface area contributed by atoms with Gasteiger partial charge < -0.3 is 0 Å². The summed E-state index contributed by atoms with van der Waals surface area (Å²) in [7, 11) is 1.29. The molecule has 1 heteroatoms. The Morgan fingerprint density at radius 3 is 1.48 bits per heavy atom. The van der Waals surface area contributed by atoms with Gasteiger partial charge in [0.25, 0.3) is 0 Å². The third-order valence-corrected chi connectivity index (χ3v) is 8.45. The molecule has 6 aliphatic rings. The second-order valence-corrected chi connectivity index (χ2v) is 9.78. The minimum absolute atomic E-state index is 0.569. The van der Waals surface area contributed by atoms with Crippen LogP contribution in [0.3, 0.4) is 0 Å². The average Bonchev–Trinajstić information content (AvgIpc) is 2.41. The first kappa shape index (κ1) is 14.2. The van der Waals surface area contributed by atoms with Crippen LogP contribution in [-0.2, 0) is 0 Å². The van der Waals surface area contributed by atoms with Gasteiger partial charge >= 0.3 is 0 Å². The first-order valence-corrected chi connectivity index (χ1v) is 9.14. The smallest absolute Gasteiger partial charge is 0.101 e. The van der Waals surface area contributed by atoms with E-state index in [1.54, 1.807) is 10.9 Å². The van der Waals surface area contributed by atoms with Crippen molar-refractivity contribution < 1.29 is 0 Å². The Hall–Kier alpha value is -0.455. The van der Waals surface area contributed by atoms with Crippen molar-refractivity contribution in [1.82, 2.24) is 0 Å². The van der Waals surface area contributed by atoms with Crippen LogP contribution >= 0.6 is 0 Å². The molecule has 6 atom stereocenters. The lowest BCUT2D eigenvalue weighted by atomic mass is 9.37. The molecule has 2 saturated carbocycles. The zero-order valence-corrected chi connectivity index (χ0v) is 14.7. The van der Waals surface area contributed by atoms with Gasteiger partial charge in [-0.05, 0) is 59.2 Å². The molecule has 21 heavy (non-hydrogen) atoms. The molecule has 6 rings (SSSR count). The highest BCUT2D eigenvalue weighted by Gasteiger charge is 2.55. The lowest BCUT2D eigenvalue weighted by Gasteiger charge is -2.60. The van der Waals surface area contributed by atoms with Crippen LogP contribution < -0.4 is 0 Å². The van der Waals surface area contributed by atoms with Crippen LogP contribution in [0, 0.1) is 46.3 Å². The quantitative estimate of drug-likeness (QED) is 0.637. The van der Waals surface area contributed by atoms with Gasteiger partial charge in [-0.25, -0.2) is 0 Å². The minimum Gasteiger partial charge on any atom is -0.101 e. The zero-order chi connectivity index (χ0) is 15.2. The van der Waals surface area contributed by atoms with Crippen LogP contribution in [0.1, 0.15) is 54.4 Å². The van der Waals surface area contributed by atoms with E-state index < -0.39 is 0 Å². The Bertz CT molecular complexity index is 488. The van der Waals surface area contributed by atoms with Crippen LogP contribution in [0.2, 0.25) is 0 Å². The fraction of sp³-hybridized carbons (Fsp3) is 0.800. The van der Waals surface area contributed by atoms with Gasteiger partial charge in [-0.1, -0.05) is 53.7 Å². The predicted octanol–water partition coefficient (Wildman–Crippen LogP) is 4.81.